The molecule has 1 rings (SSSR count). The molecule has 1 aliphatic heterocycles. The highest BCUT2D eigenvalue weighted by molar-refractivity contribution is 5.82. The third-order valence-electron chi connectivity index (χ3n) is 2.87. The Bertz CT molecular complexity index is 344. The SMILES string of the molecule is COC(=O)/C=C(/OC)C1(OC(C)=O)CCNCC1. The van der Waals surface area contributed by atoms with Gasteiger partial charge in [-0.3, -0.25) is 4.79 Å². The molecule has 102 valence electrons. The first-order valence-electron chi connectivity index (χ1n) is 5.78. The first-order valence-corrected chi connectivity index (χ1v) is 5.78. The van der Waals surface area contributed by atoms with Gasteiger partial charge >= 0.3 is 11.9 Å². The van der Waals surface area contributed by atoms with Crippen molar-refractivity contribution in [3.63, 3.8) is 0 Å². The van der Waals surface area contributed by atoms with E-state index in [9.17, 15) is 9.59 Å². The fourth-order valence-corrected chi connectivity index (χ4v) is 2.05. The van der Waals surface area contributed by atoms with E-state index in [1.165, 1.54) is 27.2 Å². The molecule has 1 saturated heterocycles. The molecule has 18 heavy (non-hydrogen) atoms. The van der Waals surface area contributed by atoms with Gasteiger partial charge in [-0.15, -0.1) is 0 Å². The topological polar surface area (TPSA) is 73.9 Å². The third kappa shape index (κ3) is 3.46. The Kier molecular flexibility index (Phi) is 5.15. The monoisotopic (exact) mass is 257 g/mol. The minimum Gasteiger partial charge on any atom is -0.497 e. The van der Waals surface area contributed by atoms with Crippen molar-refractivity contribution in [2.75, 3.05) is 27.3 Å². The van der Waals surface area contributed by atoms with E-state index >= 15 is 0 Å². The van der Waals surface area contributed by atoms with Crippen LogP contribution in [0.3, 0.4) is 0 Å². The van der Waals surface area contributed by atoms with E-state index in [1.54, 1.807) is 0 Å². The smallest absolute Gasteiger partial charge is 0.334 e. The molecule has 1 aliphatic rings. The average Bonchev–Trinajstić information content (AvgIpc) is 2.35. The molecule has 0 bridgehead atoms. The Morgan fingerprint density at radius 1 is 1.17 bits per heavy atom. The zero-order valence-electron chi connectivity index (χ0n) is 10.9. The summed E-state index contributed by atoms with van der Waals surface area (Å²) in [5, 5.41) is 3.17. The molecule has 0 unspecified atom stereocenters. The molecular formula is C12H19NO5. The number of nitrogens with one attached hydrogen (secondary N) is 1. The number of carbonyl (C=O) groups excluding carboxylic acids is 2. The van der Waals surface area contributed by atoms with E-state index in [4.69, 9.17) is 9.47 Å². The van der Waals surface area contributed by atoms with Crippen molar-refractivity contribution in [1.82, 2.24) is 5.32 Å². The number of ether oxygens (including phenoxy) is 3. The zero-order valence-corrected chi connectivity index (χ0v) is 10.9. The Morgan fingerprint density at radius 3 is 2.22 bits per heavy atom. The van der Waals surface area contributed by atoms with Gasteiger partial charge in [0.2, 0.25) is 0 Å². The molecule has 0 aliphatic carbocycles. The summed E-state index contributed by atoms with van der Waals surface area (Å²) in [6, 6.07) is 0. The van der Waals surface area contributed by atoms with Gasteiger partial charge in [0, 0.05) is 19.8 Å². The van der Waals surface area contributed by atoms with Crippen molar-refractivity contribution in [2.45, 2.75) is 25.4 Å². The van der Waals surface area contributed by atoms with Crippen molar-refractivity contribution < 1.29 is 23.8 Å². The standard InChI is InChI=1S/C12H19NO5/c1-9(14)18-12(4-6-13-7-5-12)10(16-2)8-11(15)17-3/h8,13H,4-7H2,1-3H3/b10-8+. The van der Waals surface area contributed by atoms with Crippen molar-refractivity contribution in [1.29, 1.82) is 0 Å². The molecule has 0 spiro atoms. The number of rotatable bonds is 4. The van der Waals surface area contributed by atoms with Crippen LogP contribution in [0.1, 0.15) is 19.8 Å². The largest absolute Gasteiger partial charge is 0.497 e. The normalized spacial score (nSPS) is 18.9. The fraction of sp³-hybridized carbons (Fsp3) is 0.667. The van der Waals surface area contributed by atoms with Crippen LogP contribution in [-0.2, 0) is 23.8 Å². The maximum Gasteiger partial charge on any atom is 0.334 e. The predicted octanol–water partition coefficient (Wildman–Crippen LogP) is 0.375. The minimum atomic E-state index is -0.875. The molecule has 0 aromatic rings. The van der Waals surface area contributed by atoms with Gasteiger partial charge in [-0.2, -0.15) is 0 Å². The number of methoxy groups -OCH3 is 2. The molecule has 6 heteroatoms. The summed E-state index contributed by atoms with van der Waals surface area (Å²) in [4.78, 5) is 22.6. The Morgan fingerprint density at radius 2 is 1.78 bits per heavy atom. The highest BCUT2D eigenvalue weighted by atomic mass is 16.6. The molecule has 0 atom stereocenters. The highest BCUT2D eigenvalue weighted by Gasteiger charge is 2.41. The molecule has 1 heterocycles. The van der Waals surface area contributed by atoms with Gasteiger partial charge in [0.15, 0.2) is 5.60 Å². The molecule has 0 radical (unpaired) electrons. The molecule has 0 aromatic carbocycles. The molecule has 6 nitrogen and oxygen atoms in total. The summed E-state index contributed by atoms with van der Waals surface area (Å²) in [5.74, 6) is -0.604. The molecule has 1 N–H and O–H groups in total. The first-order chi connectivity index (χ1) is 8.54. The summed E-state index contributed by atoms with van der Waals surface area (Å²) in [7, 11) is 2.73. The lowest BCUT2D eigenvalue weighted by Crippen LogP contribution is -2.47. The summed E-state index contributed by atoms with van der Waals surface area (Å²) in [6.07, 6.45) is 2.35. The number of hydrogen-bond acceptors (Lipinski definition) is 6. The van der Waals surface area contributed by atoms with Crippen LogP contribution in [0.15, 0.2) is 11.8 Å². The van der Waals surface area contributed by atoms with Crippen molar-refractivity contribution in [3.8, 4) is 0 Å². The van der Waals surface area contributed by atoms with Gasteiger partial charge in [0.05, 0.1) is 20.3 Å². The number of esters is 2. The average molecular weight is 257 g/mol. The zero-order chi connectivity index (χ0) is 13.6. The number of piperidine rings is 1. The lowest BCUT2D eigenvalue weighted by atomic mass is 9.89. The van der Waals surface area contributed by atoms with E-state index in [0.29, 0.717) is 31.7 Å². The lowest BCUT2D eigenvalue weighted by molar-refractivity contribution is -0.159. The van der Waals surface area contributed by atoms with Crippen molar-refractivity contribution >= 4 is 11.9 Å². The summed E-state index contributed by atoms with van der Waals surface area (Å²) < 4.78 is 15.2. The van der Waals surface area contributed by atoms with Crippen molar-refractivity contribution in [2.24, 2.45) is 0 Å². The van der Waals surface area contributed by atoms with E-state index in [0.717, 1.165) is 0 Å². The minimum absolute atomic E-state index is 0.325. The lowest BCUT2D eigenvalue weighted by Gasteiger charge is -2.37. The van der Waals surface area contributed by atoms with Gasteiger partial charge in [0.1, 0.15) is 5.76 Å². The summed E-state index contributed by atoms with van der Waals surface area (Å²) in [6.45, 7) is 2.72. The van der Waals surface area contributed by atoms with Gasteiger partial charge in [-0.1, -0.05) is 0 Å². The third-order valence-corrected chi connectivity index (χ3v) is 2.87. The van der Waals surface area contributed by atoms with Crippen molar-refractivity contribution in [3.05, 3.63) is 11.8 Å². The molecule has 0 amide bonds. The van der Waals surface area contributed by atoms with E-state index in [2.05, 4.69) is 10.1 Å². The van der Waals surface area contributed by atoms with Gasteiger partial charge < -0.3 is 19.5 Å². The molecular weight excluding hydrogens is 238 g/mol. The molecule has 0 saturated carbocycles. The second kappa shape index (κ2) is 6.39. The van der Waals surface area contributed by atoms with E-state index < -0.39 is 17.5 Å². The second-order valence-electron chi connectivity index (χ2n) is 4.07. The maximum absolute atomic E-state index is 11.3. The van der Waals surface area contributed by atoms with E-state index in [-0.39, 0.29) is 0 Å². The molecule has 1 fully saturated rings. The first kappa shape index (κ1) is 14.5. The summed E-state index contributed by atoms with van der Waals surface area (Å²) >= 11 is 0. The van der Waals surface area contributed by atoms with Crippen LogP contribution < -0.4 is 5.32 Å². The Labute approximate surface area is 106 Å². The quantitative estimate of drug-likeness (QED) is 0.446. The van der Waals surface area contributed by atoms with Gasteiger partial charge in [-0.05, 0) is 13.1 Å². The molecule has 0 aromatic heterocycles. The maximum atomic E-state index is 11.3. The van der Waals surface area contributed by atoms with Crippen LogP contribution in [0.5, 0.6) is 0 Å². The van der Waals surface area contributed by atoms with Gasteiger partial charge in [-0.25, -0.2) is 4.79 Å². The Hall–Kier alpha value is -1.56. The highest BCUT2D eigenvalue weighted by Crippen LogP contribution is 2.32. The second-order valence-corrected chi connectivity index (χ2v) is 4.07. The number of hydrogen-bond donors (Lipinski definition) is 1. The van der Waals surface area contributed by atoms with Crippen LogP contribution in [0.25, 0.3) is 0 Å². The van der Waals surface area contributed by atoms with Crippen LogP contribution in [0, 0.1) is 0 Å². The van der Waals surface area contributed by atoms with Crippen LogP contribution in [-0.4, -0.2) is 44.8 Å². The number of carbonyl (C=O) groups is 2. The van der Waals surface area contributed by atoms with E-state index in [1.807, 2.05) is 0 Å². The Balaban J connectivity index is 3.02. The van der Waals surface area contributed by atoms with Gasteiger partial charge in [0.25, 0.3) is 0 Å². The predicted molar refractivity (Wildman–Crippen MR) is 63.7 cm³/mol. The van der Waals surface area contributed by atoms with Crippen LogP contribution in [0.4, 0.5) is 0 Å². The van der Waals surface area contributed by atoms with Crippen LogP contribution >= 0.6 is 0 Å². The fourth-order valence-electron chi connectivity index (χ4n) is 2.05. The summed E-state index contributed by atoms with van der Waals surface area (Å²) in [5.41, 5.74) is -0.875. The van der Waals surface area contributed by atoms with Crippen LogP contribution in [0.2, 0.25) is 0 Å².